The number of nitriles is 1. The molecule has 320 valence electrons. The molecular weight excluding hydrogens is 783 g/mol. The lowest BCUT2D eigenvalue weighted by atomic mass is 9.80. The molecule has 60 heavy (non-hydrogen) atoms. The van der Waals surface area contributed by atoms with Crippen molar-refractivity contribution < 1.29 is 41.9 Å². The minimum Gasteiger partial charge on any atom is -0.497 e. The van der Waals surface area contributed by atoms with E-state index in [0.717, 1.165) is 39.1 Å². The van der Waals surface area contributed by atoms with Gasteiger partial charge in [-0.1, -0.05) is 66.7 Å². The Morgan fingerprint density at radius 1 is 0.700 bits per heavy atom. The molecule has 2 atom stereocenters. The van der Waals surface area contributed by atoms with Gasteiger partial charge in [0.15, 0.2) is 0 Å². The van der Waals surface area contributed by atoms with Gasteiger partial charge in [-0.3, -0.25) is 0 Å². The fraction of sp³-hybridized carbons (Fsp3) is 0.404. The lowest BCUT2D eigenvalue weighted by Gasteiger charge is -2.37. The molecule has 5 rings (SSSR count). The standard InChI is InChI=1S/C47H57N2O10P/c1-35(2)49(36(3)4)60(57-26-10-25-48)59-44(34-55-32-37-13-14-38-15-24-46(50)58-45(38)31-37)33-54-28-27-53-29-30-56-47(39-11-8-7-9-12-39,40-16-20-42(51-5)21-17-40)41-18-22-43(52-6)23-19-41/h7-9,11-24,31,35-36,44H,10,26-30,32-34H2,1-6H3. The summed E-state index contributed by atoms with van der Waals surface area (Å²) in [5.74, 6) is 1.50. The van der Waals surface area contributed by atoms with Crippen LogP contribution in [0.4, 0.5) is 0 Å². The van der Waals surface area contributed by atoms with Crippen LogP contribution in [0.15, 0.2) is 118 Å². The molecule has 0 aliphatic carbocycles. The second-order valence-electron chi connectivity index (χ2n) is 14.5. The largest absolute Gasteiger partial charge is 0.497 e. The molecule has 5 aromatic rings. The van der Waals surface area contributed by atoms with Crippen LogP contribution >= 0.6 is 8.53 Å². The van der Waals surface area contributed by atoms with E-state index in [1.165, 1.54) is 6.07 Å². The van der Waals surface area contributed by atoms with Crippen LogP contribution in [-0.4, -0.2) is 83.3 Å². The molecule has 0 aliphatic heterocycles. The highest BCUT2D eigenvalue weighted by Gasteiger charge is 2.38. The van der Waals surface area contributed by atoms with Crippen molar-refractivity contribution in [2.75, 3.05) is 60.5 Å². The second-order valence-corrected chi connectivity index (χ2v) is 15.9. The van der Waals surface area contributed by atoms with Crippen LogP contribution in [0.2, 0.25) is 0 Å². The normalized spacial score (nSPS) is 12.9. The average Bonchev–Trinajstić information content (AvgIpc) is 3.26. The monoisotopic (exact) mass is 840 g/mol. The van der Waals surface area contributed by atoms with E-state index in [1.807, 2.05) is 78.9 Å². The molecule has 0 radical (unpaired) electrons. The highest BCUT2D eigenvalue weighted by atomic mass is 31.2. The van der Waals surface area contributed by atoms with Gasteiger partial charge in [-0.2, -0.15) is 5.26 Å². The highest BCUT2D eigenvalue weighted by Crippen LogP contribution is 2.47. The van der Waals surface area contributed by atoms with Crippen LogP contribution in [-0.2, 0) is 40.2 Å². The van der Waals surface area contributed by atoms with E-state index < -0.39 is 25.9 Å². The number of ether oxygens (including phenoxy) is 6. The lowest BCUT2D eigenvalue weighted by molar-refractivity contribution is -0.0480. The van der Waals surface area contributed by atoms with Gasteiger partial charge in [-0.25, -0.2) is 9.46 Å². The van der Waals surface area contributed by atoms with Gasteiger partial charge in [0, 0.05) is 23.5 Å². The summed E-state index contributed by atoms with van der Waals surface area (Å²) in [7, 11) is 1.75. The van der Waals surface area contributed by atoms with Gasteiger partial charge in [0.05, 0.1) is 79.6 Å². The zero-order valence-corrected chi connectivity index (χ0v) is 36.3. The maximum Gasteiger partial charge on any atom is 0.336 e. The molecule has 0 saturated carbocycles. The molecule has 0 fully saturated rings. The smallest absolute Gasteiger partial charge is 0.336 e. The van der Waals surface area contributed by atoms with E-state index in [4.69, 9.17) is 41.9 Å². The minimum absolute atomic E-state index is 0.124. The van der Waals surface area contributed by atoms with Crippen LogP contribution < -0.4 is 15.1 Å². The van der Waals surface area contributed by atoms with Gasteiger partial charge in [-0.15, -0.1) is 0 Å². The molecule has 1 aromatic heterocycles. The molecule has 0 saturated heterocycles. The van der Waals surface area contributed by atoms with Crippen molar-refractivity contribution in [1.29, 1.82) is 5.26 Å². The molecule has 13 heteroatoms. The number of nitrogens with zero attached hydrogens (tertiary/aromatic N) is 2. The first kappa shape index (κ1) is 46.4. The Morgan fingerprint density at radius 2 is 1.28 bits per heavy atom. The maximum atomic E-state index is 11.8. The van der Waals surface area contributed by atoms with Crippen molar-refractivity contribution in [3.05, 3.63) is 142 Å². The van der Waals surface area contributed by atoms with Gasteiger partial charge in [0.2, 0.25) is 0 Å². The van der Waals surface area contributed by atoms with Gasteiger partial charge < -0.3 is 41.9 Å². The van der Waals surface area contributed by atoms with Crippen molar-refractivity contribution in [3.8, 4) is 17.6 Å². The Kier molecular flexibility index (Phi) is 18.5. The summed E-state index contributed by atoms with van der Waals surface area (Å²) >= 11 is 0. The Bertz CT molecular complexity index is 2050. The Morgan fingerprint density at radius 3 is 1.90 bits per heavy atom. The zero-order chi connectivity index (χ0) is 42.7. The van der Waals surface area contributed by atoms with Crippen molar-refractivity contribution >= 4 is 19.5 Å². The summed E-state index contributed by atoms with van der Waals surface area (Å²) in [6, 6.07) is 37.1. The molecule has 2 unspecified atom stereocenters. The third-order valence-corrected chi connectivity index (χ3v) is 11.7. The number of hydrogen-bond acceptors (Lipinski definition) is 12. The number of methoxy groups -OCH3 is 2. The van der Waals surface area contributed by atoms with Gasteiger partial charge in [0.25, 0.3) is 8.53 Å². The third kappa shape index (κ3) is 12.9. The van der Waals surface area contributed by atoms with E-state index in [0.29, 0.717) is 25.4 Å². The van der Waals surface area contributed by atoms with E-state index in [9.17, 15) is 10.1 Å². The summed E-state index contributed by atoms with van der Waals surface area (Å²) in [4.78, 5) is 11.8. The highest BCUT2D eigenvalue weighted by molar-refractivity contribution is 7.44. The fourth-order valence-electron chi connectivity index (χ4n) is 6.80. The van der Waals surface area contributed by atoms with Crippen LogP contribution in [0.3, 0.4) is 0 Å². The van der Waals surface area contributed by atoms with Crippen molar-refractivity contribution in [1.82, 2.24) is 4.67 Å². The molecule has 0 bridgehead atoms. The van der Waals surface area contributed by atoms with Crippen LogP contribution in [0, 0.1) is 11.3 Å². The van der Waals surface area contributed by atoms with E-state index in [-0.39, 0.29) is 51.5 Å². The summed E-state index contributed by atoms with van der Waals surface area (Å²) in [6.45, 7) is 10.5. The molecule has 0 amide bonds. The van der Waals surface area contributed by atoms with Crippen LogP contribution in [0.25, 0.3) is 11.0 Å². The lowest BCUT2D eigenvalue weighted by Crippen LogP contribution is -2.36. The molecule has 1 heterocycles. The topological polar surface area (TPSA) is 131 Å². The first-order chi connectivity index (χ1) is 29.2. The molecule has 4 aromatic carbocycles. The fourth-order valence-corrected chi connectivity index (χ4v) is 8.48. The predicted octanol–water partition coefficient (Wildman–Crippen LogP) is 9.03. The molecule has 0 aliphatic rings. The van der Waals surface area contributed by atoms with E-state index >= 15 is 0 Å². The Labute approximate surface area is 354 Å². The van der Waals surface area contributed by atoms with Gasteiger partial charge >= 0.3 is 5.63 Å². The van der Waals surface area contributed by atoms with Crippen molar-refractivity contribution in [3.63, 3.8) is 0 Å². The van der Waals surface area contributed by atoms with Crippen LogP contribution in [0.5, 0.6) is 11.5 Å². The first-order valence-electron chi connectivity index (χ1n) is 20.2. The second kappa shape index (κ2) is 23.9. The molecular formula is C47H57N2O10P. The average molecular weight is 841 g/mol. The SMILES string of the molecule is COc1ccc(C(OCCOCCOCC(COCc2ccc3ccc(=O)oc3c2)OP(OCCC#N)N(C(C)C)C(C)C)(c2ccccc2)c2ccc(OC)cc2)cc1. The number of rotatable bonds is 26. The molecule has 12 nitrogen and oxygen atoms in total. The van der Waals surface area contributed by atoms with E-state index in [1.54, 1.807) is 26.4 Å². The summed E-state index contributed by atoms with van der Waals surface area (Å²) in [5, 5.41) is 10.0. The first-order valence-corrected chi connectivity index (χ1v) is 21.3. The van der Waals surface area contributed by atoms with Crippen molar-refractivity contribution in [2.24, 2.45) is 0 Å². The number of hydrogen-bond donors (Lipinski definition) is 0. The predicted molar refractivity (Wildman–Crippen MR) is 232 cm³/mol. The van der Waals surface area contributed by atoms with E-state index in [2.05, 4.69) is 50.6 Å². The van der Waals surface area contributed by atoms with Gasteiger partial charge in [-0.05, 0) is 86.3 Å². The summed E-state index contributed by atoms with van der Waals surface area (Å²) < 4.78 is 56.5. The quantitative estimate of drug-likeness (QED) is 0.0228. The summed E-state index contributed by atoms with van der Waals surface area (Å²) in [6.07, 6.45) is -0.254. The van der Waals surface area contributed by atoms with Crippen molar-refractivity contribution in [2.45, 2.75) is 64.5 Å². The third-order valence-electron chi connectivity index (χ3n) is 9.56. The zero-order valence-electron chi connectivity index (χ0n) is 35.4. The number of fused-ring (bicyclic) bond motifs is 1. The molecule has 0 N–H and O–H groups in total. The maximum absolute atomic E-state index is 11.8. The molecule has 0 spiro atoms. The van der Waals surface area contributed by atoms with Gasteiger partial charge in [0.1, 0.15) is 28.8 Å². The number of benzene rings is 4. The minimum atomic E-state index is -1.55. The van der Waals surface area contributed by atoms with Crippen LogP contribution in [0.1, 0.15) is 56.4 Å². The summed E-state index contributed by atoms with van der Waals surface area (Å²) in [5.41, 5.74) is 2.83. The Hall–Kier alpha value is -4.67. The Balaban J connectivity index is 1.23.